The number of aromatic nitrogens is 2. The quantitative estimate of drug-likeness (QED) is 0.356. The number of hydrogen-bond acceptors (Lipinski definition) is 6. The summed E-state index contributed by atoms with van der Waals surface area (Å²) >= 11 is 6.35. The first kappa shape index (κ1) is 29.4. The lowest BCUT2D eigenvalue weighted by Crippen LogP contribution is -2.61. The Hall–Kier alpha value is -3.65. The third kappa shape index (κ3) is 4.93. The Labute approximate surface area is 258 Å². The Bertz CT molecular complexity index is 1630. The number of nitrogens with zero attached hydrogens (tertiary/aromatic N) is 5. The van der Waals surface area contributed by atoms with E-state index in [4.69, 9.17) is 16.6 Å². The standard InChI is InChI=1S/C34H40ClN5O3/c1-20-14-23(8-9-24(20)35)39-19-34(16-32(4,5)17-34)29-26(39)11-10-25(37-29)30(41)40-13-12-38(18-33(40,6)7)27-15-21(2)28(31(42)43)22(3)36-27/h8-11,14-15H,12-13,16-19H2,1-7H3,(H,42,43). The van der Waals surface area contributed by atoms with Crippen LogP contribution in [0.4, 0.5) is 17.2 Å². The van der Waals surface area contributed by atoms with Crippen LogP contribution in [0.5, 0.6) is 0 Å². The summed E-state index contributed by atoms with van der Waals surface area (Å²) < 4.78 is 0. The van der Waals surface area contributed by atoms with Gasteiger partial charge in [0.15, 0.2) is 0 Å². The maximum atomic E-state index is 14.1. The van der Waals surface area contributed by atoms with E-state index in [1.165, 1.54) is 0 Å². The minimum Gasteiger partial charge on any atom is -0.478 e. The van der Waals surface area contributed by atoms with Crippen LogP contribution in [-0.4, -0.2) is 63.6 Å². The number of carbonyl (C=O) groups is 2. The van der Waals surface area contributed by atoms with Crippen molar-refractivity contribution >= 4 is 40.7 Å². The summed E-state index contributed by atoms with van der Waals surface area (Å²) in [4.78, 5) is 41.9. The number of aryl methyl sites for hydroxylation is 3. The highest BCUT2D eigenvalue weighted by atomic mass is 35.5. The number of carboxylic acids is 1. The van der Waals surface area contributed by atoms with E-state index in [-0.39, 0.29) is 22.3 Å². The number of anilines is 3. The molecule has 0 bridgehead atoms. The zero-order valence-corrected chi connectivity index (χ0v) is 26.8. The summed E-state index contributed by atoms with van der Waals surface area (Å²) in [5, 5.41) is 10.3. The van der Waals surface area contributed by atoms with Gasteiger partial charge in [-0.2, -0.15) is 0 Å². The number of carbonyl (C=O) groups excluding carboxylic acids is 1. The molecule has 3 aromatic rings. The molecule has 1 spiro atoms. The molecule has 1 saturated carbocycles. The number of amides is 1. The number of pyridine rings is 2. The van der Waals surface area contributed by atoms with Crippen molar-refractivity contribution in [3.05, 3.63) is 75.2 Å². The Kier molecular flexibility index (Phi) is 6.80. The second-order valence-corrected chi connectivity index (χ2v) is 14.5. The first-order chi connectivity index (χ1) is 20.1. The zero-order valence-electron chi connectivity index (χ0n) is 26.1. The molecule has 43 heavy (non-hydrogen) atoms. The molecule has 8 nitrogen and oxygen atoms in total. The van der Waals surface area contributed by atoms with Crippen LogP contribution in [0.3, 0.4) is 0 Å². The Morgan fingerprint density at radius 3 is 2.23 bits per heavy atom. The van der Waals surface area contributed by atoms with Gasteiger partial charge in [0.1, 0.15) is 11.5 Å². The normalized spacial score (nSPS) is 19.8. The molecule has 1 N–H and O–H groups in total. The van der Waals surface area contributed by atoms with E-state index in [9.17, 15) is 14.7 Å². The predicted octanol–water partition coefficient (Wildman–Crippen LogP) is 6.70. The summed E-state index contributed by atoms with van der Waals surface area (Å²) in [6, 6.07) is 11.9. The Balaban J connectivity index is 1.28. The van der Waals surface area contributed by atoms with Gasteiger partial charge in [-0.15, -0.1) is 0 Å². The number of piperazine rings is 1. The van der Waals surface area contributed by atoms with Crippen LogP contribution in [0.1, 0.15) is 83.9 Å². The van der Waals surface area contributed by atoms with Crippen LogP contribution >= 0.6 is 11.6 Å². The number of fused-ring (bicyclic) bond motifs is 2. The lowest BCUT2D eigenvalue weighted by atomic mass is 9.53. The van der Waals surface area contributed by atoms with Crippen molar-refractivity contribution in [2.45, 2.75) is 72.3 Å². The number of rotatable bonds is 4. The van der Waals surface area contributed by atoms with Crippen LogP contribution in [0.2, 0.25) is 5.02 Å². The fraction of sp³-hybridized carbons (Fsp3) is 0.471. The van der Waals surface area contributed by atoms with Crippen molar-refractivity contribution in [3.63, 3.8) is 0 Å². The van der Waals surface area contributed by atoms with Gasteiger partial charge >= 0.3 is 5.97 Å². The maximum Gasteiger partial charge on any atom is 0.337 e. The van der Waals surface area contributed by atoms with Crippen LogP contribution in [0.15, 0.2) is 36.4 Å². The van der Waals surface area contributed by atoms with E-state index >= 15 is 0 Å². The molecule has 0 unspecified atom stereocenters. The summed E-state index contributed by atoms with van der Waals surface area (Å²) in [7, 11) is 0. The largest absolute Gasteiger partial charge is 0.478 e. The SMILES string of the molecule is Cc1cc(N2CC3(CC(C)(C)C3)c3nc(C(=O)N4CCN(c5cc(C)c(C(=O)O)c(C)n5)CC4(C)C)ccc32)ccc1Cl. The first-order valence-corrected chi connectivity index (χ1v) is 15.3. The summed E-state index contributed by atoms with van der Waals surface area (Å²) in [5.41, 5.74) is 5.79. The van der Waals surface area contributed by atoms with E-state index in [2.05, 4.69) is 60.7 Å². The fourth-order valence-corrected chi connectivity index (χ4v) is 8.01. The second-order valence-electron chi connectivity index (χ2n) is 14.1. The van der Waals surface area contributed by atoms with E-state index in [0.29, 0.717) is 36.6 Å². The monoisotopic (exact) mass is 601 g/mol. The molecule has 2 fully saturated rings. The third-order valence-electron chi connectivity index (χ3n) is 9.50. The lowest BCUT2D eigenvalue weighted by molar-refractivity contribution is 0.0501. The van der Waals surface area contributed by atoms with Gasteiger partial charge in [-0.3, -0.25) is 4.79 Å². The lowest BCUT2D eigenvalue weighted by Gasteiger charge is -2.51. The predicted molar refractivity (Wildman–Crippen MR) is 170 cm³/mol. The van der Waals surface area contributed by atoms with E-state index in [0.717, 1.165) is 52.9 Å². The highest BCUT2D eigenvalue weighted by Gasteiger charge is 2.57. The second kappa shape index (κ2) is 9.94. The van der Waals surface area contributed by atoms with Crippen molar-refractivity contribution in [2.75, 3.05) is 36.0 Å². The van der Waals surface area contributed by atoms with Gasteiger partial charge in [-0.25, -0.2) is 14.8 Å². The third-order valence-corrected chi connectivity index (χ3v) is 9.93. The van der Waals surface area contributed by atoms with Crippen LogP contribution in [0.25, 0.3) is 0 Å². The summed E-state index contributed by atoms with van der Waals surface area (Å²) in [5.74, 6) is -0.295. The highest BCUT2D eigenvalue weighted by Crippen LogP contribution is 2.61. The zero-order chi connectivity index (χ0) is 31.1. The van der Waals surface area contributed by atoms with Crippen molar-refractivity contribution in [1.82, 2.24) is 14.9 Å². The molecule has 226 valence electrons. The maximum absolute atomic E-state index is 14.1. The molecule has 1 amide bonds. The molecule has 6 rings (SSSR count). The average molecular weight is 602 g/mol. The molecule has 2 aromatic heterocycles. The average Bonchev–Trinajstić information content (AvgIpc) is 3.21. The van der Waals surface area contributed by atoms with Gasteiger partial charge in [0.2, 0.25) is 0 Å². The fourth-order valence-electron chi connectivity index (χ4n) is 7.89. The molecule has 1 aromatic carbocycles. The van der Waals surface area contributed by atoms with Gasteiger partial charge < -0.3 is 19.8 Å². The molecule has 1 saturated heterocycles. The van der Waals surface area contributed by atoms with Crippen LogP contribution in [-0.2, 0) is 5.41 Å². The number of hydrogen-bond donors (Lipinski definition) is 1. The molecule has 9 heteroatoms. The first-order valence-electron chi connectivity index (χ1n) is 14.9. The van der Waals surface area contributed by atoms with Crippen molar-refractivity contribution < 1.29 is 14.7 Å². The van der Waals surface area contributed by atoms with Gasteiger partial charge in [0.05, 0.1) is 28.2 Å². The van der Waals surface area contributed by atoms with E-state index in [1.54, 1.807) is 13.8 Å². The highest BCUT2D eigenvalue weighted by molar-refractivity contribution is 6.31. The van der Waals surface area contributed by atoms with Crippen molar-refractivity contribution in [2.24, 2.45) is 5.41 Å². The van der Waals surface area contributed by atoms with Gasteiger partial charge in [0, 0.05) is 42.3 Å². The molecular formula is C34H40ClN5O3. The smallest absolute Gasteiger partial charge is 0.337 e. The molecule has 3 aliphatic rings. The Morgan fingerprint density at radius 2 is 1.63 bits per heavy atom. The minimum absolute atomic E-state index is 0.0662. The van der Waals surface area contributed by atoms with Gasteiger partial charge in [-0.1, -0.05) is 25.4 Å². The van der Waals surface area contributed by atoms with E-state index in [1.807, 2.05) is 30.0 Å². The van der Waals surface area contributed by atoms with E-state index < -0.39 is 11.5 Å². The van der Waals surface area contributed by atoms with Crippen LogP contribution < -0.4 is 9.80 Å². The van der Waals surface area contributed by atoms with Crippen molar-refractivity contribution in [1.29, 1.82) is 0 Å². The topological polar surface area (TPSA) is 89.9 Å². The molecule has 4 heterocycles. The summed E-state index contributed by atoms with van der Waals surface area (Å²) in [6.07, 6.45) is 2.05. The van der Waals surface area contributed by atoms with Gasteiger partial charge in [-0.05, 0) is 100 Å². The van der Waals surface area contributed by atoms with Crippen molar-refractivity contribution in [3.8, 4) is 0 Å². The number of benzene rings is 1. The Morgan fingerprint density at radius 1 is 0.907 bits per heavy atom. The number of halogens is 1. The molecule has 0 radical (unpaired) electrons. The number of carboxylic acid groups (broad SMARTS) is 1. The number of aromatic carboxylic acids is 1. The molecule has 2 aliphatic heterocycles. The minimum atomic E-state index is -0.967. The van der Waals surface area contributed by atoms with Crippen LogP contribution in [0, 0.1) is 26.2 Å². The molecule has 0 atom stereocenters. The molecular weight excluding hydrogens is 562 g/mol. The molecule has 1 aliphatic carbocycles. The van der Waals surface area contributed by atoms with Gasteiger partial charge in [0.25, 0.3) is 5.91 Å². The summed E-state index contributed by atoms with van der Waals surface area (Å²) in [6.45, 7) is 16.8.